The molecule has 1 aromatic heterocycles. The summed E-state index contributed by atoms with van der Waals surface area (Å²) < 4.78 is 0. The maximum Gasteiger partial charge on any atom is 0.108 e. The number of hydrogen-bond acceptors (Lipinski definition) is 4. The number of benzene rings is 2. The molecule has 0 aliphatic carbocycles. The van der Waals surface area contributed by atoms with Crippen LogP contribution in [0.5, 0.6) is 0 Å². The van der Waals surface area contributed by atoms with Crippen LogP contribution in [0.3, 0.4) is 0 Å². The lowest BCUT2D eigenvalue weighted by Gasteiger charge is -2.15. The zero-order valence-electron chi connectivity index (χ0n) is 12.5. The molecule has 0 spiro atoms. The van der Waals surface area contributed by atoms with E-state index in [1.807, 2.05) is 55.6 Å². The highest BCUT2D eigenvalue weighted by atomic mass is 32.2. The number of para-hydroxylation sites is 2. The molecule has 4 rings (SSSR count). The summed E-state index contributed by atoms with van der Waals surface area (Å²) in [6.45, 7) is 0. The van der Waals surface area contributed by atoms with E-state index in [9.17, 15) is 5.26 Å². The molecule has 2 aromatic carbocycles. The number of allylic oxidation sites excluding steroid dienone is 1. The average molecular weight is 315 g/mol. The number of fused-ring (bicyclic) bond motifs is 2. The van der Waals surface area contributed by atoms with E-state index in [-0.39, 0.29) is 0 Å². The van der Waals surface area contributed by atoms with Gasteiger partial charge in [0.2, 0.25) is 0 Å². The number of rotatable bonds is 1. The van der Waals surface area contributed by atoms with E-state index in [0.29, 0.717) is 11.3 Å². The van der Waals surface area contributed by atoms with Crippen molar-refractivity contribution in [1.82, 2.24) is 4.98 Å². The average Bonchev–Trinajstić information content (AvgIpc) is 2.93. The maximum atomic E-state index is 9.72. The Kier molecular flexibility index (Phi) is 3.29. The van der Waals surface area contributed by atoms with Crippen LogP contribution >= 0.6 is 11.8 Å². The second-order valence-corrected chi connectivity index (χ2v) is 6.34. The molecule has 110 valence electrons. The molecule has 23 heavy (non-hydrogen) atoms. The Bertz CT molecular complexity index is 985. The van der Waals surface area contributed by atoms with Crippen LogP contribution in [-0.4, -0.2) is 12.0 Å². The fraction of sp³-hybridized carbons (Fsp3) is 0.0526. The van der Waals surface area contributed by atoms with E-state index >= 15 is 0 Å². The zero-order chi connectivity index (χ0) is 15.8. The standard InChI is InChI=1S/C19H13N3S/c1-22-17-8-4-5-9-18(17)23-19(22)14(12-20)16-11-10-13-6-2-3-7-15(13)21-16/h2-11H,1H3/b19-14-. The minimum Gasteiger partial charge on any atom is -0.337 e. The Labute approximate surface area is 138 Å². The van der Waals surface area contributed by atoms with Gasteiger partial charge in [-0.15, -0.1) is 0 Å². The summed E-state index contributed by atoms with van der Waals surface area (Å²) in [6, 6.07) is 22.4. The van der Waals surface area contributed by atoms with Gasteiger partial charge in [-0.2, -0.15) is 5.26 Å². The van der Waals surface area contributed by atoms with E-state index in [4.69, 9.17) is 0 Å². The topological polar surface area (TPSA) is 39.9 Å². The zero-order valence-corrected chi connectivity index (χ0v) is 13.3. The van der Waals surface area contributed by atoms with Crippen LogP contribution in [0.4, 0.5) is 5.69 Å². The van der Waals surface area contributed by atoms with E-state index in [0.717, 1.165) is 21.6 Å². The lowest BCUT2D eigenvalue weighted by molar-refractivity contribution is 1.17. The van der Waals surface area contributed by atoms with Crippen molar-refractivity contribution in [2.75, 3.05) is 11.9 Å². The van der Waals surface area contributed by atoms with Gasteiger partial charge in [0, 0.05) is 17.3 Å². The molecule has 1 aliphatic rings. The largest absolute Gasteiger partial charge is 0.337 e. The Morgan fingerprint density at radius 1 is 1.04 bits per heavy atom. The van der Waals surface area contributed by atoms with Gasteiger partial charge in [0.15, 0.2) is 0 Å². The van der Waals surface area contributed by atoms with Crippen molar-refractivity contribution >= 4 is 33.9 Å². The lowest BCUT2D eigenvalue weighted by atomic mass is 10.1. The normalized spacial score (nSPS) is 15.4. The lowest BCUT2D eigenvalue weighted by Crippen LogP contribution is -2.11. The predicted octanol–water partition coefficient (Wildman–Crippen LogP) is 4.67. The third-order valence-corrected chi connectivity index (χ3v) is 5.15. The monoisotopic (exact) mass is 315 g/mol. The molecule has 3 nitrogen and oxygen atoms in total. The summed E-state index contributed by atoms with van der Waals surface area (Å²) in [6.07, 6.45) is 0. The molecule has 0 fully saturated rings. The Morgan fingerprint density at radius 2 is 1.83 bits per heavy atom. The van der Waals surface area contributed by atoms with Crippen LogP contribution in [0, 0.1) is 11.3 Å². The number of thioether (sulfide) groups is 1. The van der Waals surface area contributed by atoms with Crippen LogP contribution in [0.2, 0.25) is 0 Å². The van der Waals surface area contributed by atoms with Crippen molar-refractivity contribution in [3.63, 3.8) is 0 Å². The van der Waals surface area contributed by atoms with Crippen molar-refractivity contribution in [3.8, 4) is 6.07 Å². The molecular weight excluding hydrogens is 302 g/mol. The van der Waals surface area contributed by atoms with Gasteiger partial charge in [-0.3, -0.25) is 0 Å². The highest BCUT2D eigenvalue weighted by Crippen LogP contribution is 2.47. The molecule has 0 amide bonds. The molecule has 1 aliphatic heterocycles. The fourth-order valence-electron chi connectivity index (χ4n) is 2.74. The predicted molar refractivity (Wildman–Crippen MR) is 95.0 cm³/mol. The maximum absolute atomic E-state index is 9.72. The van der Waals surface area contributed by atoms with Crippen molar-refractivity contribution in [1.29, 1.82) is 5.26 Å². The molecule has 0 unspecified atom stereocenters. The summed E-state index contributed by atoms with van der Waals surface area (Å²) in [5.41, 5.74) is 3.36. The summed E-state index contributed by atoms with van der Waals surface area (Å²) in [5, 5.41) is 11.7. The van der Waals surface area contributed by atoms with Crippen molar-refractivity contribution in [2.24, 2.45) is 0 Å². The first kappa shape index (κ1) is 13.9. The number of nitrogens with zero attached hydrogens (tertiary/aromatic N) is 3. The van der Waals surface area contributed by atoms with Crippen LogP contribution < -0.4 is 4.90 Å². The summed E-state index contributed by atoms with van der Waals surface area (Å²) in [5.74, 6) is 0. The minimum atomic E-state index is 0.611. The first-order valence-electron chi connectivity index (χ1n) is 7.29. The van der Waals surface area contributed by atoms with E-state index in [1.54, 1.807) is 11.8 Å². The fourth-order valence-corrected chi connectivity index (χ4v) is 3.89. The molecule has 0 saturated carbocycles. The van der Waals surface area contributed by atoms with Gasteiger partial charge < -0.3 is 4.90 Å². The Balaban J connectivity index is 1.87. The molecule has 0 radical (unpaired) electrons. The molecule has 0 atom stereocenters. The summed E-state index contributed by atoms with van der Waals surface area (Å²) in [4.78, 5) is 7.90. The Hall–Kier alpha value is -2.77. The number of anilines is 1. The smallest absolute Gasteiger partial charge is 0.108 e. The van der Waals surface area contributed by atoms with Crippen LogP contribution in [0.1, 0.15) is 5.69 Å². The van der Waals surface area contributed by atoms with Crippen LogP contribution in [0.15, 0.2) is 70.6 Å². The first-order chi connectivity index (χ1) is 11.3. The van der Waals surface area contributed by atoms with Gasteiger partial charge in [0.25, 0.3) is 0 Å². The SMILES string of the molecule is CN1/C(=C(\C#N)c2ccc3ccccc3n2)Sc2ccccc21. The van der Waals surface area contributed by atoms with Crippen molar-refractivity contribution < 1.29 is 0 Å². The van der Waals surface area contributed by atoms with Crippen molar-refractivity contribution in [3.05, 3.63) is 71.4 Å². The van der Waals surface area contributed by atoms with E-state index < -0.39 is 0 Å². The van der Waals surface area contributed by atoms with Crippen LogP contribution in [-0.2, 0) is 0 Å². The highest BCUT2D eigenvalue weighted by Gasteiger charge is 2.26. The Morgan fingerprint density at radius 3 is 2.65 bits per heavy atom. The van der Waals surface area contributed by atoms with E-state index in [1.165, 1.54) is 4.90 Å². The molecule has 3 aromatic rings. The first-order valence-corrected chi connectivity index (χ1v) is 8.11. The van der Waals surface area contributed by atoms with Gasteiger partial charge in [-0.05, 0) is 24.3 Å². The molecule has 0 bridgehead atoms. The van der Waals surface area contributed by atoms with E-state index in [2.05, 4.69) is 28.1 Å². The molecular formula is C19H13N3S. The van der Waals surface area contributed by atoms with Crippen molar-refractivity contribution in [2.45, 2.75) is 4.90 Å². The second kappa shape index (κ2) is 5.45. The van der Waals surface area contributed by atoms with Crippen LogP contribution in [0.25, 0.3) is 16.5 Å². The number of pyridine rings is 1. The van der Waals surface area contributed by atoms with Gasteiger partial charge in [-0.25, -0.2) is 4.98 Å². The molecule has 0 N–H and O–H groups in total. The van der Waals surface area contributed by atoms with Gasteiger partial charge >= 0.3 is 0 Å². The second-order valence-electron chi connectivity index (χ2n) is 5.31. The minimum absolute atomic E-state index is 0.611. The molecule has 4 heteroatoms. The number of nitriles is 1. The third-order valence-electron chi connectivity index (χ3n) is 3.92. The quantitative estimate of drug-likeness (QED) is 0.612. The third kappa shape index (κ3) is 2.26. The highest BCUT2D eigenvalue weighted by molar-refractivity contribution is 8.04. The summed E-state index contributed by atoms with van der Waals surface area (Å²) >= 11 is 1.62. The van der Waals surface area contributed by atoms with Gasteiger partial charge in [-0.1, -0.05) is 48.2 Å². The molecule has 2 heterocycles. The summed E-state index contributed by atoms with van der Waals surface area (Å²) in [7, 11) is 1.99. The number of hydrogen-bond donors (Lipinski definition) is 0. The molecule has 0 saturated heterocycles. The van der Waals surface area contributed by atoms with Gasteiger partial charge in [0.1, 0.15) is 16.7 Å². The van der Waals surface area contributed by atoms with Gasteiger partial charge in [0.05, 0.1) is 16.9 Å². The number of aromatic nitrogens is 1.